The predicted octanol–water partition coefficient (Wildman–Crippen LogP) is 4.87. The highest BCUT2D eigenvalue weighted by atomic mass is 16.6. The number of likely N-dealkylation sites (tertiary alicyclic amines) is 2. The molecule has 2 heterocycles. The zero-order valence-corrected chi connectivity index (χ0v) is 23.4. The number of nitrogens with zero attached hydrogens (tertiary/aromatic N) is 2. The highest BCUT2D eigenvalue weighted by Crippen LogP contribution is 2.30. The monoisotopic (exact) mass is 536 g/mol. The molecule has 2 aliphatic rings. The number of amides is 2. The minimum absolute atomic E-state index is 0.185. The number of hydroxylamine groups is 6. The summed E-state index contributed by atoms with van der Waals surface area (Å²) in [7, 11) is 0. The van der Waals surface area contributed by atoms with E-state index >= 15 is 0 Å². The van der Waals surface area contributed by atoms with Gasteiger partial charge >= 0.3 is 0 Å². The smallest absolute Gasteiger partial charge is 0.279 e. The van der Waals surface area contributed by atoms with Gasteiger partial charge < -0.3 is 30.3 Å². The molecule has 212 valence electrons. The number of hydrogen-bond acceptors (Lipinski definition) is 4. The molecule has 0 saturated carbocycles. The van der Waals surface area contributed by atoms with Crippen LogP contribution in [0.15, 0.2) is 60.7 Å². The molecule has 6 atom stereocenters. The molecule has 4 rings (SSSR count). The van der Waals surface area contributed by atoms with E-state index in [2.05, 4.69) is 10.6 Å². The SMILES string of the molecule is C[C@H](NC(=O)[C@@H]1CCCC[N+]1([O-])CCC[N+]1([O-])CCCC[C@H]1C(=O)N[C@@H](C)c1ccccc1)c1ccccc1. The van der Waals surface area contributed by atoms with Crippen LogP contribution in [0.3, 0.4) is 0 Å². The molecule has 0 bridgehead atoms. The molecule has 0 spiro atoms. The molecule has 2 fully saturated rings. The lowest BCUT2D eigenvalue weighted by Gasteiger charge is -2.53. The molecule has 2 saturated heterocycles. The molecule has 2 aromatic carbocycles. The fraction of sp³-hybridized carbons (Fsp3) is 0.548. The normalized spacial score (nSPS) is 28.7. The van der Waals surface area contributed by atoms with E-state index in [0.29, 0.717) is 32.4 Å². The summed E-state index contributed by atoms with van der Waals surface area (Å²) in [6, 6.07) is 17.8. The molecule has 2 N–H and O–H groups in total. The van der Waals surface area contributed by atoms with Gasteiger partial charge in [0.25, 0.3) is 11.8 Å². The van der Waals surface area contributed by atoms with Gasteiger partial charge in [0.05, 0.1) is 38.3 Å². The molecular formula is C31H44N4O4. The maximum absolute atomic E-state index is 14.0. The van der Waals surface area contributed by atoms with E-state index in [1.54, 1.807) is 0 Å². The fourth-order valence-corrected chi connectivity index (χ4v) is 6.32. The summed E-state index contributed by atoms with van der Waals surface area (Å²) in [6.45, 7) is 5.07. The van der Waals surface area contributed by atoms with E-state index in [9.17, 15) is 20.0 Å². The topological polar surface area (TPSA) is 104 Å². The van der Waals surface area contributed by atoms with Crippen LogP contribution < -0.4 is 10.6 Å². The van der Waals surface area contributed by atoms with Crippen molar-refractivity contribution in [3.63, 3.8) is 0 Å². The summed E-state index contributed by atoms with van der Waals surface area (Å²) in [5.74, 6) is -0.422. The first-order chi connectivity index (χ1) is 18.7. The lowest BCUT2D eigenvalue weighted by Crippen LogP contribution is -2.62. The number of piperidine rings is 2. The van der Waals surface area contributed by atoms with Crippen LogP contribution in [0.1, 0.15) is 82.0 Å². The Hall–Kier alpha value is -2.78. The van der Waals surface area contributed by atoms with Gasteiger partial charge in [-0.2, -0.15) is 0 Å². The van der Waals surface area contributed by atoms with Crippen molar-refractivity contribution in [3.8, 4) is 0 Å². The van der Waals surface area contributed by atoms with Crippen LogP contribution in [-0.2, 0) is 9.59 Å². The first-order valence-electron chi connectivity index (χ1n) is 14.6. The summed E-state index contributed by atoms with van der Waals surface area (Å²) in [4.78, 5) is 26.5. The molecule has 0 aromatic heterocycles. The van der Waals surface area contributed by atoms with Crippen molar-refractivity contribution in [1.29, 1.82) is 0 Å². The van der Waals surface area contributed by atoms with Gasteiger partial charge in [-0.3, -0.25) is 9.59 Å². The quantitative estimate of drug-likeness (QED) is 0.334. The summed E-state index contributed by atoms with van der Waals surface area (Å²) >= 11 is 0. The van der Waals surface area contributed by atoms with E-state index < -0.39 is 21.4 Å². The van der Waals surface area contributed by atoms with Gasteiger partial charge in [0.1, 0.15) is 0 Å². The van der Waals surface area contributed by atoms with Crippen molar-refractivity contribution in [1.82, 2.24) is 10.6 Å². The standard InChI is InChI=1S/C31H44N4O4/c1-24(26-14-5-3-6-15-26)32-30(36)28-18-9-11-20-34(28,38)22-13-23-35(39)21-12-10-19-29(35)31(37)33-25(2)27-16-7-4-8-17-27/h3-8,14-17,24-25,28-29H,9-13,18-23H2,1-2H3,(H,32,36)(H,33,37)/t24-,25-,28-,29-,34?,35?/m0/s1. The van der Waals surface area contributed by atoms with Gasteiger partial charge in [0.15, 0.2) is 12.1 Å². The first kappa shape index (κ1) is 29.2. The number of rotatable bonds is 10. The summed E-state index contributed by atoms with van der Waals surface area (Å²) in [5, 5.41) is 34.0. The molecule has 8 heteroatoms. The van der Waals surface area contributed by atoms with E-state index in [-0.39, 0.29) is 37.0 Å². The van der Waals surface area contributed by atoms with E-state index in [4.69, 9.17) is 0 Å². The maximum Gasteiger partial charge on any atom is 0.279 e. The Morgan fingerprint density at radius 3 is 1.49 bits per heavy atom. The van der Waals surface area contributed by atoms with Gasteiger partial charge in [-0.15, -0.1) is 0 Å². The second kappa shape index (κ2) is 13.0. The average molecular weight is 537 g/mol. The van der Waals surface area contributed by atoms with Crippen molar-refractivity contribution >= 4 is 11.8 Å². The van der Waals surface area contributed by atoms with Crippen LogP contribution in [0.2, 0.25) is 0 Å². The number of benzene rings is 2. The molecule has 2 aromatic rings. The summed E-state index contributed by atoms with van der Waals surface area (Å²) in [5.41, 5.74) is 2.00. The minimum atomic E-state index is -0.669. The van der Waals surface area contributed by atoms with Crippen LogP contribution in [0, 0.1) is 10.4 Å². The molecule has 8 nitrogen and oxygen atoms in total. The van der Waals surface area contributed by atoms with Crippen molar-refractivity contribution in [2.45, 2.75) is 83.0 Å². The Morgan fingerprint density at radius 1 is 0.718 bits per heavy atom. The van der Waals surface area contributed by atoms with E-state index in [1.165, 1.54) is 0 Å². The Morgan fingerprint density at radius 2 is 1.10 bits per heavy atom. The number of hydrogen-bond donors (Lipinski definition) is 2. The van der Waals surface area contributed by atoms with Gasteiger partial charge in [-0.05, 0) is 50.7 Å². The largest absolute Gasteiger partial charge is 0.632 e. The summed E-state index contributed by atoms with van der Waals surface area (Å²) in [6.07, 6.45) is 4.76. The zero-order chi connectivity index (χ0) is 27.9. The van der Waals surface area contributed by atoms with Crippen LogP contribution in [0.25, 0.3) is 0 Å². The number of nitrogens with one attached hydrogen (secondary N) is 2. The number of carbonyl (C=O) groups excluding carboxylic acids is 2. The number of quaternary nitrogens is 2. The molecule has 0 aliphatic carbocycles. The third-order valence-corrected chi connectivity index (χ3v) is 8.66. The van der Waals surface area contributed by atoms with Gasteiger partial charge in [0.2, 0.25) is 0 Å². The molecule has 0 radical (unpaired) electrons. The first-order valence-corrected chi connectivity index (χ1v) is 14.6. The third kappa shape index (κ3) is 7.25. The molecule has 39 heavy (non-hydrogen) atoms. The molecule has 2 unspecified atom stereocenters. The Bertz CT molecular complexity index is 999. The fourth-order valence-electron chi connectivity index (χ4n) is 6.32. The molecular weight excluding hydrogens is 492 g/mol. The highest BCUT2D eigenvalue weighted by molar-refractivity contribution is 5.81. The average Bonchev–Trinajstić information content (AvgIpc) is 2.94. The second-order valence-corrected chi connectivity index (χ2v) is 11.5. The minimum Gasteiger partial charge on any atom is -0.632 e. The van der Waals surface area contributed by atoms with Crippen LogP contribution in [0.4, 0.5) is 0 Å². The summed E-state index contributed by atoms with van der Waals surface area (Å²) < 4.78 is -1.18. The van der Waals surface area contributed by atoms with Crippen molar-refractivity contribution < 1.29 is 18.9 Å². The maximum atomic E-state index is 14.0. The Labute approximate surface area is 232 Å². The molecule has 2 amide bonds. The van der Waals surface area contributed by atoms with Crippen molar-refractivity contribution in [2.24, 2.45) is 0 Å². The van der Waals surface area contributed by atoms with Crippen molar-refractivity contribution in [2.75, 3.05) is 26.2 Å². The lowest BCUT2D eigenvalue weighted by atomic mass is 9.98. The second-order valence-electron chi connectivity index (χ2n) is 11.5. The van der Waals surface area contributed by atoms with Crippen LogP contribution >= 0.6 is 0 Å². The number of carbonyl (C=O) groups is 2. The Kier molecular flexibility index (Phi) is 9.77. The third-order valence-electron chi connectivity index (χ3n) is 8.66. The van der Waals surface area contributed by atoms with Gasteiger partial charge in [-0.1, -0.05) is 60.7 Å². The van der Waals surface area contributed by atoms with Gasteiger partial charge in [-0.25, -0.2) is 0 Å². The Balaban J connectivity index is 1.36. The zero-order valence-electron chi connectivity index (χ0n) is 23.4. The van der Waals surface area contributed by atoms with Gasteiger partial charge in [0, 0.05) is 19.3 Å². The van der Waals surface area contributed by atoms with E-state index in [0.717, 1.165) is 36.8 Å². The predicted molar refractivity (Wildman–Crippen MR) is 153 cm³/mol. The van der Waals surface area contributed by atoms with Crippen LogP contribution in [0.5, 0.6) is 0 Å². The highest BCUT2D eigenvalue weighted by Gasteiger charge is 2.41. The molecule has 2 aliphatic heterocycles. The van der Waals surface area contributed by atoms with E-state index in [1.807, 2.05) is 74.5 Å². The van der Waals surface area contributed by atoms with Crippen molar-refractivity contribution in [3.05, 3.63) is 82.2 Å². The lowest BCUT2D eigenvalue weighted by molar-refractivity contribution is -0.919. The van der Waals surface area contributed by atoms with Crippen LogP contribution in [-0.4, -0.2) is 59.4 Å².